The molecule has 3 aromatic carbocycles. The highest BCUT2D eigenvalue weighted by Gasteiger charge is 2.32. The standard InChI is InChI=1S/C33H35N3O5S/c1-2-34-33(38)35-20-27-7-3-4-8-29(27)24-14-16-26(17-15-24)32-40-28(22-42-31-9-5-6-18-36(31)39)19-30(41-32)25-12-10-23(21-37)11-13-25/h3-18,28,30,32,37H,2,19-22H2,1H3,(H2,34,35,38)/t28-,30+,32+/m1/s1. The van der Waals surface area contributed by atoms with Crippen LogP contribution in [-0.4, -0.2) is 29.5 Å². The molecule has 42 heavy (non-hydrogen) atoms. The Labute approximate surface area is 250 Å². The molecule has 4 aromatic rings. The van der Waals surface area contributed by atoms with Gasteiger partial charge < -0.3 is 30.4 Å². The fraction of sp³-hybridized carbons (Fsp3) is 0.273. The van der Waals surface area contributed by atoms with Gasteiger partial charge in [0.1, 0.15) is 0 Å². The van der Waals surface area contributed by atoms with Crippen LogP contribution in [-0.2, 0) is 22.6 Å². The smallest absolute Gasteiger partial charge is 0.315 e. The van der Waals surface area contributed by atoms with Gasteiger partial charge in [-0.3, -0.25) is 0 Å². The number of hydrogen-bond donors (Lipinski definition) is 3. The van der Waals surface area contributed by atoms with Crippen LogP contribution in [0, 0.1) is 5.21 Å². The van der Waals surface area contributed by atoms with Gasteiger partial charge in [-0.25, -0.2) is 4.79 Å². The SMILES string of the molecule is CCNC(=O)NCc1ccccc1-c1ccc([C@H]2O[C@@H](CSc3cccc[n+]3[O-])C[C@@H](c3ccc(CO)cc3)O2)cc1. The number of aliphatic hydroxyl groups is 1. The summed E-state index contributed by atoms with van der Waals surface area (Å²) in [6.07, 6.45) is 1.18. The van der Waals surface area contributed by atoms with E-state index in [9.17, 15) is 15.1 Å². The zero-order valence-electron chi connectivity index (χ0n) is 23.4. The van der Waals surface area contributed by atoms with E-state index >= 15 is 0 Å². The minimum absolute atomic E-state index is 0.0133. The van der Waals surface area contributed by atoms with Gasteiger partial charge in [0.2, 0.25) is 0 Å². The first kappa shape index (κ1) is 29.6. The number of aliphatic hydroxyl groups excluding tert-OH is 1. The summed E-state index contributed by atoms with van der Waals surface area (Å²) in [7, 11) is 0. The van der Waals surface area contributed by atoms with Gasteiger partial charge in [-0.05, 0) is 40.8 Å². The lowest BCUT2D eigenvalue weighted by Gasteiger charge is -2.36. The predicted octanol–water partition coefficient (Wildman–Crippen LogP) is 5.64. The first-order valence-electron chi connectivity index (χ1n) is 14.1. The number of amides is 2. The molecule has 5 rings (SSSR count). The van der Waals surface area contributed by atoms with Crippen molar-refractivity contribution in [3.63, 3.8) is 0 Å². The van der Waals surface area contributed by atoms with Gasteiger partial charge in [-0.1, -0.05) is 84.6 Å². The van der Waals surface area contributed by atoms with Crippen LogP contribution in [0.5, 0.6) is 0 Å². The number of rotatable bonds is 10. The molecule has 3 N–H and O–H groups in total. The Kier molecular flexibility index (Phi) is 10.1. The van der Waals surface area contributed by atoms with Gasteiger partial charge in [0.15, 0.2) is 12.5 Å². The van der Waals surface area contributed by atoms with Gasteiger partial charge in [-0.15, -0.1) is 0 Å². The average Bonchev–Trinajstić information content (AvgIpc) is 3.04. The Bertz CT molecular complexity index is 1470. The maximum atomic E-state index is 12.2. The second kappa shape index (κ2) is 14.3. The van der Waals surface area contributed by atoms with Crippen molar-refractivity contribution in [1.82, 2.24) is 10.6 Å². The van der Waals surface area contributed by atoms with Crippen LogP contribution in [0.15, 0.2) is 102 Å². The highest BCUT2D eigenvalue weighted by atomic mass is 32.2. The Morgan fingerprint density at radius 2 is 1.69 bits per heavy atom. The predicted molar refractivity (Wildman–Crippen MR) is 162 cm³/mol. The van der Waals surface area contributed by atoms with E-state index in [2.05, 4.69) is 10.6 Å². The normalized spacial score (nSPS) is 18.4. The zero-order chi connectivity index (χ0) is 29.3. The quantitative estimate of drug-likeness (QED) is 0.126. The van der Waals surface area contributed by atoms with Crippen molar-refractivity contribution < 1.29 is 24.1 Å². The van der Waals surface area contributed by atoms with Crippen LogP contribution < -0.4 is 15.4 Å². The van der Waals surface area contributed by atoms with E-state index < -0.39 is 6.29 Å². The molecule has 3 atom stereocenters. The van der Waals surface area contributed by atoms with Crippen molar-refractivity contribution in [3.05, 3.63) is 125 Å². The van der Waals surface area contributed by atoms with Crippen LogP contribution in [0.1, 0.15) is 48.0 Å². The van der Waals surface area contributed by atoms with E-state index in [0.29, 0.717) is 30.3 Å². The first-order chi connectivity index (χ1) is 20.5. The average molecular weight is 586 g/mol. The fourth-order valence-electron chi connectivity index (χ4n) is 4.90. The lowest BCUT2D eigenvalue weighted by atomic mass is 9.98. The zero-order valence-corrected chi connectivity index (χ0v) is 24.3. The molecule has 1 aliphatic rings. The number of nitrogens with one attached hydrogen (secondary N) is 2. The lowest BCUT2D eigenvalue weighted by molar-refractivity contribution is -0.645. The lowest BCUT2D eigenvalue weighted by Crippen LogP contribution is -2.34. The molecule has 1 aromatic heterocycles. The Hall–Kier alpha value is -3.89. The summed E-state index contributed by atoms with van der Waals surface area (Å²) in [5, 5.41) is 27.9. The molecule has 0 saturated carbocycles. The molecule has 0 unspecified atom stereocenters. The monoisotopic (exact) mass is 585 g/mol. The van der Waals surface area contributed by atoms with E-state index in [0.717, 1.165) is 38.1 Å². The van der Waals surface area contributed by atoms with Crippen molar-refractivity contribution in [2.45, 2.75) is 50.0 Å². The Morgan fingerprint density at radius 3 is 2.43 bits per heavy atom. The number of ether oxygens (including phenoxy) is 2. The topological polar surface area (TPSA) is 107 Å². The van der Waals surface area contributed by atoms with Gasteiger partial charge in [-0.2, -0.15) is 4.73 Å². The number of aromatic nitrogens is 1. The molecule has 0 bridgehead atoms. The Balaban J connectivity index is 1.34. The van der Waals surface area contributed by atoms with Crippen LogP contribution in [0.25, 0.3) is 11.1 Å². The van der Waals surface area contributed by atoms with Crippen molar-refractivity contribution in [2.24, 2.45) is 0 Å². The summed E-state index contributed by atoms with van der Waals surface area (Å²) < 4.78 is 13.8. The molecular formula is C33H35N3O5S. The molecule has 0 spiro atoms. The van der Waals surface area contributed by atoms with Crippen LogP contribution >= 0.6 is 11.8 Å². The van der Waals surface area contributed by atoms with Crippen molar-refractivity contribution in [1.29, 1.82) is 0 Å². The van der Waals surface area contributed by atoms with Crippen molar-refractivity contribution in [2.75, 3.05) is 12.3 Å². The number of carbonyl (C=O) groups excluding carboxylic acids is 1. The molecule has 1 fully saturated rings. The second-order valence-corrected chi connectivity index (χ2v) is 11.1. The first-order valence-corrected chi connectivity index (χ1v) is 15.0. The maximum Gasteiger partial charge on any atom is 0.315 e. The summed E-state index contributed by atoms with van der Waals surface area (Å²) in [6, 6.07) is 29.1. The minimum atomic E-state index is -0.592. The van der Waals surface area contributed by atoms with Gasteiger partial charge in [0.25, 0.3) is 5.03 Å². The molecule has 0 radical (unpaired) electrons. The molecule has 1 saturated heterocycles. The number of pyridine rings is 1. The van der Waals surface area contributed by atoms with E-state index in [1.165, 1.54) is 18.0 Å². The van der Waals surface area contributed by atoms with Gasteiger partial charge in [0.05, 0.1) is 18.8 Å². The van der Waals surface area contributed by atoms with E-state index in [1.807, 2.05) is 91.9 Å². The summed E-state index contributed by atoms with van der Waals surface area (Å²) in [4.78, 5) is 11.9. The van der Waals surface area contributed by atoms with Crippen LogP contribution in [0.2, 0.25) is 0 Å². The maximum absolute atomic E-state index is 12.2. The number of hydrogen-bond acceptors (Lipinski definition) is 6. The largest absolute Gasteiger partial charge is 0.618 e. The summed E-state index contributed by atoms with van der Waals surface area (Å²) in [5.41, 5.74) is 5.82. The number of thioether (sulfide) groups is 1. The van der Waals surface area contributed by atoms with Crippen LogP contribution in [0.3, 0.4) is 0 Å². The fourth-order valence-corrected chi connectivity index (χ4v) is 5.83. The van der Waals surface area contributed by atoms with E-state index in [-0.39, 0.29) is 24.8 Å². The van der Waals surface area contributed by atoms with Crippen molar-refractivity contribution >= 4 is 17.8 Å². The van der Waals surface area contributed by atoms with E-state index in [1.54, 1.807) is 6.07 Å². The number of benzene rings is 3. The third-order valence-electron chi connectivity index (χ3n) is 7.11. The third-order valence-corrected chi connectivity index (χ3v) is 8.26. The van der Waals surface area contributed by atoms with Gasteiger partial charge in [0, 0.05) is 43.0 Å². The molecule has 9 heteroatoms. The highest BCUT2D eigenvalue weighted by Crippen LogP contribution is 2.39. The molecule has 2 amide bonds. The summed E-state index contributed by atoms with van der Waals surface area (Å²) in [6.45, 7) is 2.86. The van der Waals surface area contributed by atoms with Crippen molar-refractivity contribution in [3.8, 4) is 11.1 Å². The summed E-state index contributed by atoms with van der Waals surface area (Å²) >= 11 is 1.47. The Morgan fingerprint density at radius 1 is 0.952 bits per heavy atom. The molecule has 1 aliphatic heterocycles. The number of nitrogens with zero attached hydrogens (tertiary/aromatic N) is 1. The highest BCUT2D eigenvalue weighted by molar-refractivity contribution is 7.99. The minimum Gasteiger partial charge on any atom is -0.618 e. The third kappa shape index (κ3) is 7.49. The van der Waals surface area contributed by atoms with Gasteiger partial charge >= 0.3 is 6.03 Å². The van der Waals surface area contributed by atoms with Crippen LogP contribution in [0.4, 0.5) is 4.79 Å². The number of carbonyl (C=O) groups is 1. The molecular weight excluding hydrogens is 550 g/mol. The second-order valence-electron chi connectivity index (χ2n) is 10.0. The molecule has 2 heterocycles. The molecule has 8 nitrogen and oxygen atoms in total. The molecule has 218 valence electrons. The van der Waals surface area contributed by atoms with E-state index in [4.69, 9.17) is 9.47 Å². The molecule has 0 aliphatic carbocycles. The summed E-state index contributed by atoms with van der Waals surface area (Å²) in [5.74, 6) is 0.599. The number of urea groups is 1.